The van der Waals surface area contributed by atoms with Crippen LogP contribution in [0.4, 0.5) is 0 Å². The zero-order valence-electron chi connectivity index (χ0n) is 12.5. The Bertz CT molecular complexity index is 557. The fourth-order valence-corrected chi connectivity index (χ4v) is 2.62. The molecule has 1 aromatic carbocycles. The summed E-state index contributed by atoms with van der Waals surface area (Å²) in [5.74, 6) is 0.828. The van der Waals surface area contributed by atoms with Gasteiger partial charge in [-0.3, -0.25) is 0 Å². The number of para-hydroxylation sites is 1. The highest BCUT2D eigenvalue weighted by Crippen LogP contribution is 2.16. The summed E-state index contributed by atoms with van der Waals surface area (Å²) in [6, 6.07) is 7.82. The molecule has 2 aromatic rings. The van der Waals surface area contributed by atoms with E-state index in [4.69, 9.17) is 4.74 Å². The van der Waals surface area contributed by atoms with Crippen molar-refractivity contribution < 1.29 is 9.84 Å². The number of aromatic nitrogens is 1. The molecule has 0 amide bonds. The number of aliphatic hydroxyl groups excluding tert-OH is 1. The van der Waals surface area contributed by atoms with Gasteiger partial charge in [0.05, 0.1) is 10.7 Å². The van der Waals surface area contributed by atoms with Crippen molar-refractivity contribution in [1.29, 1.82) is 0 Å². The Morgan fingerprint density at radius 2 is 2.14 bits per heavy atom. The minimum absolute atomic E-state index is 0.299. The van der Waals surface area contributed by atoms with Gasteiger partial charge in [-0.2, -0.15) is 0 Å². The highest BCUT2D eigenvalue weighted by Gasteiger charge is 2.06. The summed E-state index contributed by atoms with van der Waals surface area (Å²) < 4.78 is 5.62. The molecule has 0 spiro atoms. The van der Waals surface area contributed by atoms with Gasteiger partial charge in [0.1, 0.15) is 18.5 Å². The fraction of sp³-hybridized carbons (Fsp3) is 0.438. The van der Waals surface area contributed by atoms with Crippen molar-refractivity contribution in [3.8, 4) is 5.75 Å². The van der Waals surface area contributed by atoms with Crippen LogP contribution in [0.25, 0.3) is 0 Å². The summed E-state index contributed by atoms with van der Waals surface area (Å²) in [5, 5.41) is 16.3. The molecule has 21 heavy (non-hydrogen) atoms. The van der Waals surface area contributed by atoms with Gasteiger partial charge < -0.3 is 15.2 Å². The van der Waals surface area contributed by atoms with Gasteiger partial charge in [-0.15, -0.1) is 11.3 Å². The molecule has 0 saturated heterocycles. The van der Waals surface area contributed by atoms with Gasteiger partial charge in [-0.1, -0.05) is 18.2 Å². The third kappa shape index (κ3) is 5.46. The maximum atomic E-state index is 9.90. The molecule has 2 rings (SSSR count). The van der Waals surface area contributed by atoms with Crippen molar-refractivity contribution in [3.05, 3.63) is 45.9 Å². The predicted octanol–water partition coefficient (Wildman–Crippen LogP) is 2.33. The van der Waals surface area contributed by atoms with Crippen molar-refractivity contribution in [2.45, 2.75) is 26.4 Å². The maximum Gasteiger partial charge on any atom is 0.122 e. The smallest absolute Gasteiger partial charge is 0.122 e. The second-order valence-corrected chi connectivity index (χ2v) is 6.10. The van der Waals surface area contributed by atoms with Gasteiger partial charge in [0.25, 0.3) is 0 Å². The number of aryl methyl sites for hydroxylation is 2. The molecule has 0 fully saturated rings. The fourth-order valence-electron chi connectivity index (χ4n) is 1.97. The standard InChI is InChI=1S/C16H22N2O2S/c1-12-5-3-4-6-16(12)20-10-15(19)9-17-8-7-14-11-21-13(2)18-14/h3-6,11,15,17,19H,7-10H2,1-2H3. The van der Waals surface area contributed by atoms with E-state index in [1.165, 1.54) is 0 Å². The minimum atomic E-state index is -0.512. The number of ether oxygens (including phenoxy) is 1. The molecule has 1 aromatic heterocycles. The van der Waals surface area contributed by atoms with E-state index in [1.54, 1.807) is 11.3 Å². The minimum Gasteiger partial charge on any atom is -0.491 e. The van der Waals surface area contributed by atoms with Gasteiger partial charge in [0.15, 0.2) is 0 Å². The molecule has 0 bridgehead atoms. The quantitative estimate of drug-likeness (QED) is 0.735. The number of rotatable bonds is 8. The van der Waals surface area contributed by atoms with Gasteiger partial charge in [0, 0.05) is 24.9 Å². The van der Waals surface area contributed by atoms with Crippen LogP contribution >= 0.6 is 11.3 Å². The molecule has 0 saturated carbocycles. The van der Waals surface area contributed by atoms with Gasteiger partial charge in [-0.25, -0.2) is 4.98 Å². The van der Waals surface area contributed by atoms with Crippen LogP contribution in [0, 0.1) is 13.8 Å². The molecule has 114 valence electrons. The number of hydrogen-bond acceptors (Lipinski definition) is 5. The lowest BCUT2D eigenvalue weighted by Crippen LogP contribution is -2.32. The summed E-state index contributed by atoms with van der Waals surface area (Å²) in [4.78, 5) is 4.40. The van der Waals surface area contributed by atoms with Crippen LogP contribution < -0.4 is 10.1 Å². The Labute approximate surface area is 129 Å². The van der Waals surface area contributed by atoms with Crippen molar-refractivity contribution in [1.82, 2.24) is 10.3 Å². The lowest BCUT2D eigenvalue weighted by Gasteiger charge is -2.14. The van der Waals surface area contributed by atoms with Crippen LogP contribution in [-0.4, -0.2) is 35.9 Å². The summed E-state index contributed by atoms with van der Waals surface area (Å²) in [6.07, 6.45) is 0.372. The van der Waals surface area contributed by atoms with E-state index in [-0.39, 0.29) is 0 Å². The monoisotopic (exact) mass is 306 g/mol. The van der Waals surface area contributed by atoms with E-state index in [9.17, 15) is 5.11 Å². The van der Waals surface area contributed by atoms with Crippen LogP contribution in [0.15, 0.2) is 29.6 Å². The first kappa shape index (κ1) is 15.9. The van der Waals surface area contributed by atoms with Crippen LogP contribution in [-0.2, 0) is 6.42 Å². The van der Waals surface area contributed by atoms with E-state index in [1.807, 2.05) is 38.1 Å². The van der Waals surface area contributed by atoms with E-state index >= 15 is 0 Å². The van der Waals surface area contributed by atoms with Crippen LogP contribution in [0.1, 0.15) is 16.3 Å². The average molecular weight is 306 g/mol. The SMILES string of the molecule is Cc1nc(CCNCC(O)COc2ccccc2C)cs1. The molecule has 0 aliphatic rings. The maximum absolute atomic E-state index is 9.90. The summed E-state index contributed by atoms with van der Waals surface area (Å²) in [5.41, 5.74) is 2.19. The van der Waals surface area contributed by atoms with Crippen LogP contribution in [0.3, 0.4) is 0 Å². The Balaban J connectivity index is 1.61. The zero-order chi connectivity index (χ0) is 15.1. The zero-order valence-corrected chi connectivity index (χ0v) is 13.3. The first-order chi connectivity index (χ1) is 10.1. The molecule has 1 heterocycles. The molecule has 0 radical (unpaired) electrons. The van der Waals surface area contributed by atoms with E-state index in [0.29, 0.717) is 13.2 Å². The predicted molar refractivity (Wildman–Crippen MR) is 86.1 cm³/mol. The first-order valence-corrected chi connectivity index (χ1v) is 8.01. The Kier molecular flexibility index (Phi) is 6.17. The van der Waals surface area contributed by atoms with Crippen molar-refractivity contribution in [2.24, 2.45) is 0 Å². The molecule has 0 aliphatic heterocycles. The number of aliphatic hydroxyl groups is 1. The van der Waals surface area contributed by atoms with Crippen molar-refractivity contribution >= 4 is 11.3 Å². The molecular weight excluding hydrogens is 284 g/mol. The molecule has 2 N–H and O–H groups in total. The summed E-state index contributed by atoms with van der Waals surface area (Å²) in [7, 11) is 0. The second kappa shape index (κ2) is 8.12. The second-order valence-electron chi connectivity index (χ2n) is 5.04. The van der Waals surface area contributed by atoms with Gasteiger partial charge >= 0.3 is 0 Å². The van der Waals surface area contributed by atoms with Crippen molar-refractivity contribution in [2.75, 3.05) is 19.7 Å². The third-order valence-corrected chi connectivity index (χ3v) is 3.95. The van der Waals surface area contributed by atoms with E-state index in [2.05, 4.69) is 15.7 Å². The lowest BCUT2D eigenvalue weighted by atomic mass is 10.2. The number of nitrogens with one attached hydrogen (secondary N) is 1. The molecule has 4 nitrogen and oxygen atoms in total. The Morgan fingerprint density at radius 3 is 2.86 bits per heavy atom. The molecular formula is C16H22N2O2S. The first-order valence-electron chi connectivity index (χ1n) is 7.13. The Hall–Kier alpha value is -1.43. The lowest BCUT2D eigenvalue weighted by molar-refractivity contribution is 0.106. The highest BCUT2D eigenvalue weighted by molar-refractivity contribution is 7.09. The van der Waals surface area contributed by atoms with Crippen molar-refractivity contribution in [3.63, 3.8) is 0 Å². The van der Waals surface area contributed by atoms with E-state index in [0.717, 1.165) is 35.0 Å². The number of thiazole rings is 1. The topological polar surface area (TPSA) is 54.4 Å². The van der Waals surface area contributed by atoms with E-state index < -0.39 is 6.10 Å². The highest BCUT2D eigenvalue weighted by atomic mass is 32.1. The normalized spacial score (nSPS) is 12.3. The number of hydrogen-bond donors (Lipinski definition) is 2. The van der Waals surface area contributed by atoms with Crippen LogP contribution in [0.5, 0.6) is 5.75 Å². The Morgan fingerprint density at radius 1 is 1.33 bits per heavy atom. The summed E-state index contributed by atoms with van der Waals surface area (Å²) in [6.45, 7) is 5.64. The van der Waals surface area contributed by atoms with Gasteiger partial charge in [-0.05, 0) is 25.5 Å². The third-order valence-electron chi connectivity index (χ3n) is 3.13. The molecule has 1 atom stereocenters. The average Bonchev–Trinajstić information content (AvgIpc) is 2.88. The summed E-state index contributed by atoms with van der Waals surface area (Å²) >= 11 is 1.67. The van der Waals surface area contributed by atoms with Gasteiger partial charge in [0.2, 0.25) is 0 Å². The van der Waals surface area contributed by atoms with Crippen LogP contribution in [0.2, 0.25) is 0 Å². The number of benzene rings is 1. The molecule has 5 heteroatoms. The molecule has 1 unspecified atom stereocenters. The molecule has 0 aliphatic carbocycles. The largest absolute Gasteiger partial charge is 0.491 e. The number of nitrogens with zero attached hydrogens (tertiary/aromatic N) is 1.